The van der Waals surface area contributed by atoms with E-state index in [2.05, 4.69) is 15.3 Å². The van der Waals surface area contributed by atoms with Gasteiger partial charge in [0.1, 0.15) is 18.2 Å². The molecule has 0 spiro atoms. The van der Waals surface area contributed by atoms with Gasteiger partial charge in [-0.1, -0.05) is 53.7 Å². The minimum absolute atomic E-state index is 0.0843. The molecule has 0 radical (unpaired) electrons. The van der Waals surface area contributed by atoms with Gasteiger partial charge in [0.15, 0.2) is 27.6 Å². The van der Waals surface area contributed by atoms with Crippen molar-refractivity contribution in [2.24, 2.45) is 0 Å². The number of anilines is 2. The lowest BCUT2D eigenvalue weighted by Crippen LogP contribution is -2.04. The van der Waals surface area contributed by atoms with Gasteiger partial charge >= 0.3 is 0 Å². The summed E-state index contributed by atoms with van der Waals surface area (Å²) >= 11 is 7.45. The second-order valence-corrected chi connectivity index (χ2v) is 7.08. The van der Waals surface area contributed by atoms with Gasteiger partial charge in [-0.15, -0.1) is 0 Å². The predicted octanol–water partition coefficient (Wildman–Crippen LogP) is 5.06. The number of halogens is 1. The van der Waals surface area contributed by atoms with Crippen LogP contribution in [0.3, 0.4) is 0 Å². The zero-order chi connectivity index (χ0) is 21.5. The number of methoxy groups -OCH3 is 2. The maximum absolute atomic E-state index is 9.43. The summed E-state index contributed by atoms with van der Waals surface area (Å²) in [6.07, 6.45) is 1.83. The maximum atomic E-state index is 9.43. The summed E-state index contributed by atoms with van der Waals surface area (Å²) in [6.45, 7) is 0.359. The van der Waals surface area contributed by atoms with Crippen molar-refractivity contribution in [1.29, 1.82) is 5.26 Å². The van der Waals surface area contributed by atoms with Crippen molar-refractivity contribution in [3.63, 3.8) is 0 Å². The molecule has 0 amide bonds. The fraction of sp³-hybridized carbons (Fsp3) is 0.190. The Morgan fingerprint density at radius 3 is 2.33 bits per heavy atom. The van der Waals surface area contributed by atoms with E-state index in [1.54, 1.807) is 26.4 Å². The highest BCUT2D eigenvalue weighted by Crippen LogP contribution is 2.41. The van der Waals surface area contributed by atoms with Gasteiger partial charge in [-0.05, 0) is 11.8 Å². The van der Waals surface area contributed by atoms with Crippen LogP contribution in [0, 0.1) is 11.3 Å². The van der Waals surface area contributed by atoms with Crippen LogP contribution in [0.15, 0.2) is 47.6 Å². The SMILES string of the molecule is COc1cc(Nc2nc(SC)nc(Cl)c2C#N)cc(OC)c1OCc1ccccc1. The van der Waals surface area contributed by atoms with Crippen LogP contribution in [-0.2, 0) is 6.61 Å². The molecule has 0 saturated heterocycles. The molecule has 3 rings (SSSR count). The number of nitriles is 1. The van der Waals surface area contributed by atoms with E-state index in [0.29, 0.717) is 40.5 Å². The first-order valence-electron chi connectivity index (χ1n) is 8.81. The van der Waals surface area contributed by atoms with Crippen molar-refractivity contribution in [1.82, 2.24) is 9.97 Å². The molecule has 154 valence electrons. The van der Waals surface area contributed by atoms with Crippen LogP contribution in [-0.4, -0.2) is 30.4 Å². The van der Waals surface area contributed by atoms with Crippen molar-refractivity contribution in [2.45, 2.75) is 11.8 Å². The summed E-state index contributed by atoms with van der Waals surface area (Å²) in [7, 11) is 3.09. The Kier molecular flexibility index (Phi) is 7.22. The number of hydrogen-bond donors (Lipinski definition) is 1. The fourth-order valence-electron chi connectivity index (χ4n) is 2.66. The van der Waals surface area contributed by atoms with Crippen LogP contribution in [0.1, 0.15) is 11.1 Å². The number of hydrogen-bond acceptors (Lipinski definition) is 8. The first-order valence-corrected chi connectivity index (χ1v) is 10.4. The highest BCUT2D eigenvalue weighted by atomic mass is 35.5. The average molecular weight is 443 g/mol. The van der Waals surface area contributed by atoms with E-state index in [1.165, 1.54) is 11.8 Å². The molecule has 3 aromatic rings. The smallest absolute Gasteiger partial charge is 0.204 e. The topological polar surface area (TPSA) is 89.3 Å². The molecule has 0 aliphatic heterocycles. The summed E-state index contributed by atoms with van der Waals surface area (Å²) in [5.74, 6) is 1.71. The first kappa shape index (κ1) is 21.6. The van der Waals surface area contributed by atoms with Gasteiger partial charge < -0.3 is 19.5 Å². The summed E-state index contributed by atoms with van der Waals surface area (Å²) in [4.78, 5) is 8.43. The van der Waals surface area contributed by atoms with Gasteiger partial charge in [-0.3, -0.25) is 0 Å². The number of rotatable bonds is 8. The highest BCUT2D eigenvalue weighted by molar-refractivity contribution is 7.98. The van der Waals surface area contributed by atoms with Gasteiger partial charge in [0, 0.05) is 17.8 Å². The molecule has 1 N–H and O–H groups in total. The molecule has 0 aliphatic rings. The molecule has 0 atom stereocenters. The van der Waals surface area contributed by atoms with Gasteiger partial charge in [-0.2, -0.15) is 5.26 Å². The van der Waals surface area contributed by atoms with Crippen molar-refractivity contribution in [2.75, 3.05) is 25.8 Å². The molecule has 9 heteroatoms. The third kappa shape index (κ3) is 4.87. The number of nitrogens with one attached hydrogen (secondary N) is 1. The Balaban J connectivity index is 1.94. The minimum atomic E-state index is 0.0843. The second-order valence-electron chi connectivity index (χ2n) is 5.95. The quantitative estimate of drug-likeness (QED) is 0.294. The number of thioether (sulfide) groups is 1. The molecule has 1 heterocycles. The first-order chi connectivity index (χ1) is 14.6. The number of aromatic nitrogens is 2. The Morgan fingerprint density at radius 1 is 1.10 bits per heavy atom. The van der Waals surface area contributed by atoms with E-state index in [-0.39, 0.29) is 10.7 Å². The van der Waals surface area contributed by atoms with Crippen LogP contribution < -0.4 is 19.5 Å². The third-order valence-corrected chi connectivity index (χ3v) is 4.91. The van der Waals surface area contributed by atoms with Crippen molar-refractivity contribution in [3.05, 3.63) is 58.7 Å². The van der Waals surface area contributed by atoms with Gasteiger partial charge in [0.05, 0.1) is 14.2 Å². The second kappa shape index (κ2) is 10.1. The molecule has 2 aromatic carbocycles. The molecule has 0 saturated carbocycles. The van der Waals surface area contributed by atoms with Crippen molar-refractivity contribution >= 4 is 34.9 Å². The Labute approximate surface area is 184 Å². The molecule has 30 heavy (non-hydrogen) atoms. The Morgan fingerprint density at radius 2 is 1.77 bits per heavy atom. The Bertz CT molecular complexity index is 1050. The van der Waals surface area contributed by atoms with Gasteiger partial charge in [-0.25, -0.2) is 9.97 Å². The lowest BCUT2D eigenvalue weighted by Gasteiger charge is -2.17. The summed E-state index contributed by atoms with van der Waals surface area (Å²) < 4.78 is 17.0. The zero-order valence-electron chi connectivity index (χ0n) is 16.6. The number of benzene rings is 2. The van der Waals surface area contributed by atoms with Gasteiger partial charge in [0.2, 0.25) is 5.75 Å². The minimum Gasteiger partial charge on any atom is -0.493 e. The predicted molar refractivity (Wildman–Crippen MR) is 117 cm³/mol. The van der Waals surface area contributed by atoms with E-state index < -0.39 is 0 Å². The molecule has 0 aliphatic carbocycles. The van der Waals surface area contributed by atoms with E-state index in [9.17, 15) is 5.26 Å². The average Bonchev–Trinajstić information content (AvgIpc) is 2.77. The largest absolute Gasteiger partial charge is 0.493 e. The molecular formula is C21H19ClN4O3S. The molecule has 0 fully saturated rings. The summed E-state index contributed by atoms with van der Waals surface area (Å²) in [6, 6.07) is 15.3. The van der Waals surface area contributed by atoms with E-state index >= 15 is 0 Å². The third-order valence-electron chi connectivity index (χ3n) is 4.09. The molecular weight excluding hydrogens is 424 g/mol. The lowest BCUT2D eigenvalue weighted by molar-refractivity contribution is 0.266. The number of ether oxygens (including phenoxy) is 3. The molecule has 0 unspecified atom stereocenters. The number of nitrogens with zero attached hydrogens (tertiary/aromatic N) is 3. The van der Waals surface area contributed by atoms with E-state index in [4.69, 9.17) is 25.8 Å². The monoisotopic (exact) mass is 442 g/mol. The molecule has 7 nitrogen and oxygen atoms in total. The Hall–Kier alpha value is -3.15. The van der Waals surface area contributed by atoms with E-state index in [0.717, 1.165) is 5.56 Å². The highest BCUT2D eigenvalue weighted by Gasteiger charge is 2.18. The molecule has 0 bridgehead atoms. The van der Waals surface area contributed by atoms with Crippen molar-refractivity contribution < 1.29 is 14.2 Å². The van der Waals surface area contributed by atoms with Crippen LogP contribution >= 0.6 is 23.4 Å². The van der Waals surface area contributed by atoms with E-state index in [1.807, 2.05) is 42.7 Å². The standard InChI is InChI=1S/C21H19ClN4O3S/c1-27-16-9-14(24-20-15(11-23)19(22)25-21(26-20)30-3)10-17(28-2)18(16)29-12-13-7-5-4-6-8-13/h4-10H,12H2,1-3H3,(H,24,25,26). The van der Waals surface area contributed by atoms with Crippen LogP contribution in [0.25, 0.3) is 0 Å². The zero-order valence-corrected chi connectivity index (χ0v) is 18.2. The maximum Gasteiger partial charge on any atom is 0.204 e. The van der Waals surface area contributed by atoms with Crippen molar-refractivity contribution in [3.8, 4) is 23.3 Å². The fourth-order valence-corrected chi connectivity index (χ4v) is 3.28. The summed E-state index contributed by atoms with van der Waals surface area (Å²) in [5.41, 5.74) is 1.76. The van der Waals surface area contributed by atoms with Crippen LogP contribution in [0.2, 0.25) is 5.15 Å². The lowest BCUT2D eigenvalue weighted by atomic mass is 10.2. The van der Waals surface area contributed by atoms with Crippen LogP contribution in [0.4, 0.5) is 11.5 Å². The normalized spacial score (nSPS) is 10.2. The molecule has 1 aromatic heterocycles. The van der Waals surface area contributed by atoms with Crippen LogP contribution in [0.5, 0.6) is 17.2 Å². The summed E-state index contributed by atoms with van der Waals surface area (Å²) in [5, 5.41) is 13.1. The van der Waals surface area contributed by atoms with Gasteiger partial charge in [0.25, 0.3) is 0 Å².